The summed E-state index contributed by atoms with van der Waals surface area (Å²) in [5.74, 6) is -1.09. The number of hydrogen-bond acceptors (Lipinski definition) is 20. The van der Waals surface area contributed by atoms with Crippen molar-refractivity contribution in [1.82, 2.24) is 34.4 Å². The third kappa shape index (κ3) is 11.4. The smallest absolute Gasteiger partial charge is 0.455 e. The van der Waals surface area contributed by atoms with Crippen molar-refractivity contribution in [2.24, 2.45) is 5.73 Å². The first-order valence-electron chi connectivity index (χ1n) is 18.0. The fraction of sp³-hybridized carbons (Fsp3) is 0.469. The van der Waals surface area contributed by atoms with Crippen LogP contribution in [-0.4, -0.2) is 117 Å². The molecule has 1 aromatic carbocycles. The number of benzene rings is 1. The Bertz CT molecular complexity index is 2280. The Balaban J connectivity index is 1.11. The van der Waals surface area contributed by atoms with Crippen molar-refractivity contribution in [2.45, 2.75) is 74.9 Å². The van der Waals surface area contributed by atoms with Crippen LogP contribution in [0.1, 0.15) is 37.3 Å². The van der Waals surface area contributed by atoms with E-state index in [4.69, 9.17) is 45.2 Å². The predicted molar refractivity (Wildman–Crippen MR) is 201 cm³/mol. The summed E-state index contributed by atoms with van der Waals surface area (Å²) in [6.07, 6.45) is -7.45. The Morgan fingerprint density at radius 2 is 1.75 bits per heavy atom. The molecular formula is C32H42N10O16P2. The van der Waals surface area contributed by atoms with Gasteiger partial charge in [-0.3, -0.25) is 27.5 Å². The highest BCUT2D eigenvalue weighted by molar-refractivity contribution is 7.47. The van der Waals surface area contributed by atoms with Crippen molar-refractivity contribution in [3.8, 4) is 0 Å². The molecule has 0 bridgehead atoms. The van der Waals surface area contributed by atoms with Gasteiger partial charge in [0, 0.05) is 19.2 Å². The van der Waals surface area contributed by atoms with E-state index < -0.39 is 95.6 Å². The number of rotatable bonds is 18. The number of carbonyl (C=O) groups excluding carboxylic acids is 2. The normalized spacial score (nSPS) is 24.5. The molecule has 5 heterocycles. The van der Waals surface area contributed by atoms with Crippen molar-refractivity contribution >= 4 is 50.5 Å². The monoisotopic (exact) mass is 884 g/mol. The van der Waals surface area contributed by atoms with Gasteiger partial charge >= 0.3 is 33.4 Å². The number of nitrogen functional groups attached to an aromatic ring is 2. The number of phosphoric ester groups is 2. The van der Waals surface area contributed by atoms with E-state index in [0.29, 0.717) is 0 Å². The van der Waals surface area contributed by atoms with Crippen LogP contribution in [0.5, 0.6) is 0 Å². The van der Waals surface area contributed by atoms with Crippen molar-refractivity contribution in [1.29, 1.82) is 0 Å². The molecule has 9 atom stereocenters. The van der Waals surface area contributed by atoms with Crippen molar-refractivity contribution in [3.63, 3.8) is 0 Å². The minimum Gasteiger partial charge on any atom is -0.455 e. The number of phosphoric acid groups is 2. The van der Waals surface area contributed by atoms with Crippen LogP contribution in [0.3, 0.4) is 0 Å². The molecule has 4 aromatic rings. The van der Waals surface area contributed by atoms with E-state index in [0.717, 1.165) is 16.5 Å². The van der Waals surface area contributed by atoms with E-state index in [2.05, 4.69) is 29.8 Å². The number of fused-ring (bicyclic) bond motifs is 1. The molecule has 326 valence electrons. The number of carbonyl (C=O) groups is 2. The highest BCUT2D eigenvalue weighted by Gasteiger charge is 2.50. The van der Waals surface area contributed by atoms with Crippen LogP contribution in [0.25, 0.3) is 11.2 Å². The standard InChI is InChI=1S/C32H42N10O16P2/c33-18(7-4-9-36-32(46)52-12-17-5-2-1-3-6-17)30(44)57-26-21(56-29(25(26)43)42-16-39-24-27(35)37-15-38-28(24)42)14-54-60(50,51)58-19-11-23(41-10-8-22(34)40-31(41)45)55-20(19)13-53-59(47,48)49/h1-3,5-6,8,10,15-16,18-21,23,25-26,29,43H,4,7,9,11-14,33H2,(H,36,46)(H,50,51)(H2,34,40,45)(H2,35,37,38)(H2,47,48,49)/t18?,19-,20+,21-,23+,25+,26+,29+/m0/s1. The number of alkyl carbamates (subject to hydrolysis) is 1. The molecule has 28 heteroatoms. The third-order valence-electron chi connectivity index (χ3n) is 9.12. The number of esters is 1. The summed E-state index contributed by atoms with van der Waals surface area (Å²) in [6, 6.07) is 9.03. The lowest BCUT2D eigenvalue weighted by atomic mass is 10.1. The Morgan fingerprint density at radius 3 is 2.48 bits per heavy atom. The molecule has 2 fully saturated rings. The predicted octanol–water partition coefficient (Wildman–Crippen LogP) is -0.649. The number of amides is 1. The minimum absolute atomic E-state index is 0.0116. The topological polar surface area (TPSA) is 382 Å². The zero-order valence-corrected chi connectivity index (χ0v) is 33.1. The number of imidazole rings is 1. The van der Waals surface area contributed by atoms with E-state index in [1.807, 2.05) is 6.07 Å². The summed E-state index contributed by atoms with van der Waals surface area (Å²) in [7, 11) is -10.3. The first kappa shape index (κ1) is 44.6. The van der Waals surface area contributed by atoms with Gasteiger partial charge < -0.3 is 61.3 Å². The summed E-state index contributed by atoms with van der Waals surface area (Å²) in [5, 5.41) is 14.0. The zero-order valence-electron chi connectivity index (χ0n) is 31.3. The average molecular weight is 885 g/mol. The Kier molecular flexibility index (Phi) is 14.3. The third-order valence-corrected chi connectivity index (χ3v) is 10.6. The number of anilines is 2. The van der Waals surface area contributed by atoms with Crippen LogP contribution in [0.2, 0.25) is 0 Å². The highest BCUT2D eigenvalue weighted by Crippen LogP contribution is 2.50. The van der Waals surface area contributed by atoms with E-state index in [-0.39, 0.29) is 55.2 Å². The second-order valence-electron chi connectivity index (χ2n) is 13.4. The van der Waals surface area contributed by atoms with Gasteiger partial charge in [-0.2, -0.15) is 4.98 Å². The van der Waals surface area contributed by atoms with Crippen LogP contribution < -0.4 is 28.2 Å². The quantitative estimate of drug-likeness (QED) is 0.0349. The van der Waals surface area contributed by atoms with Crippen molar-refractivity contribution < 1.29 is 71.0 Å². The number of nitrogens with one attached hydrogen (secondary N) is 1. The van der Waals surface area contributed by atoms with Gasteiger partial charge in [-0.1, -0.05) is 30.3 Å². The Hall–Kier alpha value is -4.95. The summed E-state index contributed by atoms with van der Waals surface area (Å²) in [4.78, 5) is 82.9. The van der Waals surface area contributed by atoms with Crippen molar-refractivity contribution in [2.75, 3.05) is 31.2 Å². The number of nitrogens with two attached hydrogens (primary N) is 3. The fourth-order valence-corrected chi connectivity index (χ4v) is 7.53. The maximum Gasteiger partial charge on any atom is 0.472 e. The zero-order chi connectivity index (χ0) is 43.2. The Morgan fingerprint density at radius 1 is 1.00 bits per heavy atom. The van der Waals surface area contributed by atoms with E-state index in [1.165, 1.54) is 23.2 Å². The summed E-state index contributed by atoms with van der Waals surface area (Å²) in [5.41, 5.74) is 17.8. The number of ether oxygens (including phenoxy) is 4. The molecule has 2 aliphatic rings. The number of nitrogens with zero attached hydrogens (tertiary/aromatic N) is 6. The molecule has 6 rings (SSSR count). The number of aromatic nitrogens is 6. The van der Waals surface area contributed by atoms with Gasteiger partial charge in [0.25, 0.3) is 0 Å². The molecule has 2 saturated heterocycles. The SMILES string of the molecule is Nc1ccn([C@H]2C[C@H](OP(=O)(O)OC[C@@H]3O[C@@H](n4cnc5c(N)ncnc54)[C@H](O)[C@@H]3OC(=O)C(N)CCCNC(=O)OCc3ccccc3)[C@@H](COP(=O)(O)O)O2)c(=O)n1. The lowest BCUT2D eigenvalue weighted by Crippen LogP contribution is -2.43. The van der Waals surface area contributed by atoms with Gasteiger partial charge in [0.05, 0.1) is 19.5 Å². The molecule has 0 radical (unpaired) electrons. The first-order chi connectivity index (χ1) is 28.5. The van der Waals surface area contributed by atoms with Gasteiger partial charge in [-0.25, -0.2) is 33.7 Å². The molecule has 0 spiro atoms. The number of aliphatic hydroxyl groups is 1. The summed E-state index contributed by atoms with van der Waals surface area (Å²) < 4.78 is 64.7. The van der Waals surface area contributed by atoms with E-state index >= 15 is 0 Å². The molecule has 11 N–H and O–H groups in total. The number of hydrogen-bond donors (Lipinski definition) is 8. The lowest BCUT2D eigenvalue weighted by Gasteiger charge is -2.24. The molecule has 2 aliphatic heterocycles. The molecule has 3 aromatic heterocycles. The molecule has 26 nitrogen and oxygen atoms in total. The maximum atomic E-state index is 13.4. The maximum absolute atomic E-state index is 13.4. The van der Waals surface area contributed by atoms with Gasteiger partial charge in [0.15, 0.2) is 23.8 Å². The van der Waals surface area contributed by atoms with Gasteiger partial charge in [0.1, 0.15) is 61.0 Å². The van der Waals surface area contributed by atoms with Crippen molar-refractivity contribution in [3.05, 3.63) is 71.3 Å². The molecular weight excluding hydrogens is 842 g/mol. The van der Waals surface area contributed by atoms with Gasteiger partial charge in [-0.05, 0) is 24.5 Å². The van der Waals surface area contributed by atoms with Crippen LogP contribution in [0, 0.1) is 0 Å². The second-order valence-corrected chi connectivity index (χ2v) is 16.0. The first-order valence-corrected chi connectivity index (χ1v) is 21.0. The Labute approximate surface area is 338 Å². The highest BCUT2D eigenvalue weighted by atomic mass is 31.2. The second kappa shape index (κ2) is 19.2. The molecule has 60 heavy (non-hydrogen) atoms. The van der Waals surface area contributed by atoms with Crippen LogP contribution in [-0.2, 0) is 53.1 Å². The van der Waals surface area contributed by atoms with Gasteiger partial charge in [-0.15, -0.1) is 0 Å². The van der Waals surface area contributed by atoms with Gasteiger partial charge in [0.2, 0.25) is 0 Å². The van der Waals surface area contributed by atoms with Crippen LogP contribution in [0.4, 0.5) is 16.4 Å². The molecule has 2 unspecified atom stereocenters. The average Bonchev–Trinajstić information content (AvgIpc) is 3.89. The summed E-state index contributed by atoms with van der Waals surface area (Å²) >= 11 is 0. The van der Waals surface area contributed by atoms with E-state index in [9.17, 15) is 43.3 Å². The molecule has 1 amide bonds. The largest absolute Gasteiger partial charge is 0.472 e. The minimum atomic E-state index is -5.19. The van der Waals surface area contributed by atoms with Crippen LogP contribution in [0.15, 0.2) is 60.0 Å². The number of aliphatic hydroxyl groups excluding tert-OH is 1. The summed E-state index contributed by atoms with van der Waals surface area (Å²) in [6.45, 7) is -1.56. The van der Waals surface area contributed by atoms with Crippen LogP contribution >= 0.6 is 15.6 Å². The molecule has 0 aliphatic carbocycles. The lowest BCUT2D eigenvalue weighted by molar-refractivity contribution is -0.158. The van der Waals surface area contributed by atoms with E-state index in [1.54, 1.807) is 24.3 Å². The molecule has 0 saturated carbocycles. The fourth-order valence-electron chi connectivity index (χ4n) is 6.23.